The second-order valence-electron chi connectivity index (χ2n) is 7.96. The van der Waals surface area contributed by atoms with Crippen molar-refractivity contribution in [3.63, 3.8) is 0 Å². The molecule has 1 aliphatic carbocycles. The van der Waals surface area contributed by atoms with Crippen LogP contribution in [-0.4, -0.2) is 8.42 Å². The van der Waals surface area contributed by atoms with E-state index < -0.39 is 10.1 Å². The topological polar surface area (TPSA) is 43.4 Å². The molecule has 0 saturated heterocycles. The maximum Gasteiger partial charge on any atom is 0.339 e. The van der Waals surface area contributed by atoms with Crippen molar-refractivity contribution >= 4 is 32.7 Å². The molecule has 160 valence electrons. The lowest BCUT2D eigenvalue weighted by Gasteiger charge is -2.08. The van der Waals surface area contributed by atoms with Crippen LogP contribution < -0.4 is 4.18 Å². The molecule has 0 bridgehead atoms. The van der Waals surface area contributed by atoms with E-state index in [-0.39, 0.29) is 4.90 Å². The van der Waals surface area contributed by atoms with Crippen LogP contribution in [0.3, 0.4) is 0 Å². The Morgan fingerprint density at radius 3 is 1.47 bits per heavy atom. The molecule has 32 heavy (non-hydrogen) atoms. The molecule has 2 unspecified atom stereocenters. The highest BCUT2D eigenvalue weighted by atomic mass is 127. The molecule has 1 saturated carbocycles. The van der Waals surface area contributed by atoms with E-state index in [0.717, 1.165) is 3.57 Å². The lowest BCUT2D eigenvalue weighted by atomic mass is 10.0. The average molecular weight is 552 g/mol. The molecular weight excluding hydrogens is 531 g/mol. The Balaban J connectivity index is 1.39. The zero-order chi connectivity index (χ0) is 22.1. The number of hydrogen-bond acceptors (Lipinski definition) is 3. The first kappa shape index (κ1) is 21.2. The van der Waals surface area contributed by atoms with Gasteiger partial charge in [-0.3, -0.25) is 0 Å². The van der Waals surface area contributed by atoms with Crippen LogP contribution in [0, 0.1) is 3.57 Å². The Labute approximate surface area is 202 Å². The highest BCUT2D eigenvalue weighted by molar-refractivity contribution is 14.1. The first-order valence-corrected chi connectivity index (χ1v) is 12.9. The van der Waals surface area contributed by atoms with Crippen LogP contribution in [0.1, 0.15) is 34.4 Å². The first-order valence-electron chi connectivity index (χ1n) is 10.4. The third-order valence-corrected chi connectivity index (χ3v) is 7.94. The lowest BCUT2D eigenvalue weighted by molar-refractivity contribution is 0.486. The molecule has 1 fully saturated rings. The van der Waals surface area contributed by atoms with Crippen molar-refractivity contribution in [3.05, 3.63) is 129 Å². The second-order valence-corrected chi connectivity index (χ2v) is 10.8. The molecule has 0 N–H and O–H groups in total. The lowest BCUT2D eigenvalue weighted by Crippen LogP contribution is -2.09. The normalized spacial score (nSPS) is 20.0. The van der Waals surface area contributed by atoms with Gasteiger partial charge in [0.05, 0.1) is 0 Å². The second kappa shape index (κ2) is 8.71. The number of halogens is 1. The van der Waals surface area contributed by atoms with Crippen molar-refractivity contribution in [1.82, 2.24) is 0 Å². The Morgan fingerprint density at radius 2 is 1.00 bits per heavy atom. The summed E-state index contributed by atoms with van der Waals surface area (Å²) in [5.74, 6) is 1.48. The minimum Gasteiger partial charge on any atom is -0.379 e. The Bertz CT molecular complexity index is 1260. The summed E-state index contributed by atoms with van der Waals surface area (Å²) in [6.07, 6.45) is 0. The van der Waals surface area contributed by atoms with Gasteiger partial charge in [-0.15, -0.1) is 0 Å². The van der Waals surface area contributed by atoms with Crippen LogP contribution in [0.25, 0.3) is 0 Å². The fourth-order valence-electron chi connectivity index (χ4n) is 4.43. The van der Waals surface area contributed by atoms with Gasteiger partial charge in [0.25, 0.3) is 0 Å². The quantitative estimate of drug-likeness (QED) is 0.197. The molecule has 0 radical (unpaired) electrons. The zero-order valence-corrected chi connectivity index (χ0v) is 20.1. The molecule has 5 heteroatoms. The molecular formula is C27H21IO3S. The first-order chi connectivity index (χ1) is 15.5. The molecule has 4 aromatic carbocycles. The van der Waals surface area contributed by atoms with Gasteiger partial charge in [-0.1, -0.05) is 72.8 Å². The minimum atomic E-state index is -3.86. The van der Waals surface area contributed by atoms with E-state index in [0.29, 0.717) is 23.5 Å². The standard InChI is InChI=1S/C27H21IO3S/c28-22-13-17-24(18-14-22)32(29,30)31-23-15-11-21(12-16-23)27-25(19-7-3-1-4-8-19)26(27)20-9-5-2-6-10-20/h1-18,25-27H. The van der Waals surface area contributed by atoms with Crippen molar-refractivity contribution in [2.45, 2.75) is 22.6 Å². The summed E-state index contributed by atoms with van der Waals surface area (Å²) < 4.78 is 31.5. The van der Waals surface area contributed by atoms with Crippen LogP contribution in [0.2, 0.25) is 0 Å². The maximum atomic E-state index is 12.6. The van der Waals surface area contributed by atoms with E-state index >= 15 is 0 Å². The predicted octanol–water partition coefficient (Wildman–Crippen LogP) is 6.72. The van der Waals surface area contributed by atoms with Crippen LogP contribution in [0.15, 0.2) is 114 Å². The van der Waals surface area contributed by atoms with Crippen molar-refractivity contribution in [2.75, 3.05) is 0 Å². The molecule has 0 amide bonds. The molecule has 5 rings (SSSR count). The zero-order valence-electron chi connectivity index (χ0n) is 17.1. The third kappa shape index (κ3) is 4.32. The van der Waals surface area contributed by atoms with Crippen molar-refractivity contribution in [1.29, 1.82) is 0 Å². The Kier molecular flexibility index (Phi) is 5.78. The summed E-state index contributed by atoms with van der Waals surface area (Å²) in [6, 6.07) is 35.3. The molecule has 0 heterocycles. The van der Waals surface area contributed by atoms with Crippen molar-refractivity contribution in [3.8, 4) is 5.75 Å². The highest BCUT2D eigenvalue weighted by Gasteiger charge is 2.52. The summed E-state index contributed by atoms with van der Waals surface area (Å²) in [5.41, 5.74) is 3.84. The fourth-order valence-corrected chi connectivity index (χ4v) is 5.72. The molecule has 2 atom stereocenters. The maximum absolute atomic E-state index is 12.6. The van der Waals surface area contributed by atoms with Gasteiger partial charge in [-0.25, -0.2) is 0 Å². The van der Waals surface area contributed by atoms with Crippen molar-refractivity contribution in [2.24, 2.45) is 0 Å². The Hall–Kier alpha value is -2.64. The number of hydrogen-bond donors (Lipinski definition) is 0. The van der Waals surface area contributed by atoms with Gasteiger partial charge in [-0.2, -0.15) is 8.42 Å². The van der Waals surface area contributed by atoms with E-state index in [2.05, 4.69) is 71.1 Å². The van der Waals surface area contributed by atoms with Gasteiger partial charge in [0.1, 0.15) is 10.6 Å². The van der Waals surface area contributed by atoms with Crippen LogP contribution >= 0.6 is 22.6 Å². The summed E-state index contributed by atoms with van der Waals surface area (Å²) in [6.45, 7) is 0. The summed E-state index contributed by atoms with van der Waals surface area (Å²) >= 11 is 2.14. The van der Waals surface area contributed by atoms with Gasteiger partial charge in [0.15, 0.2) is 0 Å². The monoisotopic (exact) mass is 552 g/mol. The van der Waals surface area contributed by atoms with Crippen LogP contribution in [0.4, 0.5) is 0 Å². The largest absolute Gasteiger partial charge is 0.379 e. The molecule has 0 aromatic heterocycles. The highest BCUT2D eigenvalue weighted by Crippen LogP contribution is 2.66. The molecule has 3 nitrogen and oxygen atoms in total. The van der Waals surface area contributed by atoms with Gasteiger partial charge in [0.2, 0.25) is 0 Å². The molecule has 4 aromatic rings. The number of benzene rings is 4. The van der Waals surface area contributed by atoms with Gasteiger partial charge in [0, 0.05) is 3.57 Å². The molecule has 1 aliphatic rings. The summed E-state index contributed by atoms with van der Waals surface area (Å²) in [7, 11) is -3.86. The van der Waals surface area contributed by atoms with Gasteiger partial charge >= 0.3 is 10.1 Å². The fraction of sp³-hybridized carbons (Fsp3) is 0.111. The number of rotatable bonds is 6. The molecule has 0 spiro atoms. The van der Waals surface area contributed by atoms with E-state index in [1.165, 1.54) is 16.7 Å². The van der Waals surface area contributed by atoms with Gasteiger partial charge in [-0.05, 0) is 93.4 Å². The SMILES string of the molecule is O=S(=O)(Oc1ccc(C2C(c3ccccc3)C2c2ccccc2)cc1)c1ccc(I)cc1. The van der Waals surface area contributed by atoms with E-state index in [1.807, 2.05) is 24.3 Å². The van der Waals surface area contributed by atoms with E-state index in [9.17, 15) is 8.42 Å². The van der Waals surface area contributed by atoms with E-state index in [4.69, 9.17) is 4.18 Å². The van der Waals surface area contributed by atoms with E-state index in [1.54, 1.807) is 36.4 Å². The Morgan fingerprint density at radius 1 is 0.562 bits per heavy atom. The summed E-state index contributed by atoms with van der Waals surface area (Å²) in [4.78, 5) is 0.150. The van der Waals surface area contributed by atoms with Crippen molar-refractivity contribution < 1.29 is 12.6 Å². The predicted molar refractivity (Wildman–Crippen MR) is 135 cm³/mol. The summed E-state index contributed by atoms with van der Waals surface area (Å²) in [5, 5.41) is 0. The minimum absolute atomic E-state index is 0.150. The van der Waals surface area contributed by atoms with Crippen LogP contribution in [-0.2, 0) is 10.1 Å². The third-order valence-electron chi connectivity index (χ3n) is 5.96. The smallest absolute Gasteiger partial charge is 0.339 e. The van der Waals surface area contributed by atoms with Crippen LogP contribution in [0.5, 0.6) is 5.75 Å². The average Bonchev–Trinajstić information content (AvgIpc) is 3.56. The van der Waals surface area contributed by atoms with Gasteiger partial charge < -0.3 is 4.18 Å². The molecule has 0 aliphatic heterocycles.